The molecule has 156 valence electrons. The molecule has 0 bridgehead atoms. The van der Waals surface area contributed by atoms with Gasteiger partial charge in [0.05, 0.1) is 7.11 Å². The number of furan rings is 1. The number of carbonyl (C=O) groups excluding carboxylic acids is 2. The zero-order valence-corrected chi connectivity index (χ0v) is 17.2. The summed E-state index contributed by atoms with van der Waals surface area (Å²) in [6, 6.07) is 14.5. The molecule has 1 aliphatic heterocycles. The van der Waals surface area contributed by atoms with Crippen molar-refractivity contribution in [3.8, 4) is 5.75 Å². The van der Waals surface area contributed by atoms with Crippen molar-refractivity contribution in [3.63, 3.8) is 0 Å². The monoisotopic (exact) mass is 407 g/mol. The van der Waals surface area contributed by atoms with Gasteiger partial charge in [0.1, 0.15) is 11.3 Å². The molecule has 4 rings (SSSR count). The number of aryl methyl sites for hydroxylation is 1. The average molecular weight is 407 g/mol. The van der Waals surface area contributed by atoms with E-state index in [9.17, 15) is 9.59 Å². The van der Waals surface area contributed by atoms with Gasteiger partial charge in [0.25, 0.3) is 5.91 Å². The maximum Gasteiger partial charge on any atom is 0.375 e. The van der Waals surface area contributed by atoms with E-state index in [-0.39, 0.29) is 11.7 Å². The highest BCUT2D eigenvalue weighted by atomic mass is 16.6. The van der Waals surface area contributed by atoms with Gasteiger partial charge in [-0.2, -0.15) is 0 Å². The molecular weight excluding hydrogens is 382 g/mol. The van der Waals surface area contributed by atoms with Gasteiger partial charge in [0, 0.05) is 29.6 Å². The first-order chi connectivity index (χ1) is 14.6. The fraction of sp³-hybridized carbons (Fsp3) is 0.333. The molecule has 1 saturated heterocycles. The normalized spacial score (nSPS) is 15.1. The molecule has 1 aliphatic rings. The number of hydrogen-bond acceptors (Lipinski definition) is 5. The number of benzene rings is 2. The number of nitrogens with zero attached hydrogens (tertiary/aromatic N) is 1. The molecule has 1 amide bonds. The van der Waals surface area contributed by atoms with Crippen LogP contribution in [-0.4, -0.2) is 37.0 Å². The molecule has 0 saturated carbocycles. The van der Waals surface area contributed by atoms with E-state index in [1.807, 2.05) is 24.3 Å². The molecule has 0 spiro atoms. The number of rotatable bonds is 5. The summed E-state index contributed by atoms with van der Waals surface area (Å²) in [6.45, 7) is 3.16. The van der Waals surface area contributed by atoms with Gasteiger partial charge in [-0.1, -0.05) is 30.3 Å². The van der Waals surface area contributed by atoms with Crippen LogP contribution in [0.15, 0.2) is 52.9 Å². The molecule has 1 aromatic heterocycles. The van der Waals surface area contributed by atoms with Crippen LogP contribution in [0.3, 0.4) is 0 Å². The predicted molar refractivity (Wildman–Crippen MR) is 113 cm³/mol. The lowest BCUT2D eigenvalue weighted by Crippen LogP contribution is -2.40. The highest BCUT2D eigenvalue weighted by molar-refractivity contribution is 5.97. The Labute approximate surface area is 175 Å². The van der Waals surface area contributed by atoms with Crippen molar-refractivity contribution < 1.29 is 23.5 Å². The van der Waals surface area contributed by atoms with E-state index in [0.29, 0.717) is 35.5 Å². The number of fused-ring (bicyclic) bond motifs is 1. The Balaban J connectivity index is 1.64. The maximum atomic E-state index is 13.2. The molecule has 0 aliphatic carbocycles. The van der Waals surface area contributed by atoms with Gasteiger partial charge in [-0.3, -0.25) is 4.79 Å². The van der Waals surface area contributed by atoms with Crippen LogP contribution in [0.25, 0.3) is 11.0 Å². The fourth-order valence-electron chi connectivity index (χ4n) is 3.85. The number of piperidine rings is 1. The van der Waals surface area contributed by atoms with Gasteiger partial charge in [0.15, 0.2) is 0 Å². The van der Waals surface area contributed by atoms with E-state index in [2.05, 4.69) is 0 Å². The number of amides is 1. The summed E-state index contributed by atoms with van der Waals surface area (Å²) in [4.78, 5) is 28.0. The Morgan fingerprint density at radius 3 is 2.47 bits per heavy atom. The fourth-order valence-corrected chi connectivity index (χ4v) is 3.85. The lowest BCUT2D eigenvalue weighted by atomic mass is 10.1. The number of hydrogen-bond donors (Lipinski definition) is 0. The van der Waals surface area contributed by atoms with Crippen LogP contribution in [-0.2, 0) is 9.53 Å². The molecule has 0 radical (unpaired) electrons. The zero-order chi connectivity index (χ0) is 21.1. The number of likely N-dealkylation sites (tertiary alicyclic amines) is 1. The minimum atomic E-state index is -1.00. The molecule has 2 aromatic carbocycles. The quantitative estimate of drug-likeness (QED) is 0.576. The molecule has 1 atom stereocenters. The SMILES string of the molecule is COc1ccc2oc(C(=O)O[C@@H](C(=O)N3CCCCC3)c3ccccc3)c(C)c2c1. The first-order valence-corrected chi connectivity index (χ1v) is 10.2. The Hall–Kier alpha value is -3.28. The Morgan fingerprint density at radius 2 is 1.77 bits per heavy atom. The zero-order valence-electron chi connectivity index (χ0n) is 17.2. The van der Waals surface area contributed by atoms with Crippen LogP contribution in [0.1, 0.15) is 47.0 Å². The van der Waals surface area contributed by atoms with Crippen LogP contribution in [0.5, 0.6) is 5.75 Å². The molecule has 1 fully saturated rings. The van der Waals surface area contributed by atoms with Crippen molar-refractivity contribution in [2.24, 2.45) is 0 Å². The molecule has 2 heterocycles. The third kappa shape index (κ3) is 3.90. The number of esters is 1. The van der Waals surface area contributed by atoms with Crippen molar-refractivity contribution in [1.29, 1.82) is 0 Å². The Morgan fingerprint density at radius 1 is 1.03 bits per heavy atom. The topological polar surface area (TPSA) is 69.0 Å². The van der Waals surface area contributed by atoms with E-state index in [0.717, 1.165) is 24.6 Å². The second kappa shape index (κ2) is 8.61. The van der Waals surface area contributed by atoms with Gasteiger partial charge in [-0.15, -0.1) is 0 Å². The number of methoxy groups -OCH3 is 1. The summed E-state index contributed by atoms with van der Waals surface area (Å²) in [7, 11) is 1.59. The second-order valence-corrected chi connectivity index (χ2v) is 7.50. The summed E-state index contributed by atoms with van der Waals surface area (Å²) < 4.78 is 16.8. The first-order valence-electron chi connectivity index (χ1n) is 10.2. The largest absolute Gasteiger partial charge is 0.497 e. The molecule has 6 heteroatoms. The van der Waals surface area contributed by atoms with Crippen molar-refractivity contribution in [1.82, 2.24) is 4.90 Å². The van der Waals surface area contributed by atoms with Crippen LogP contribution in [0.4, 0.5) is 0 Å². The van der Waals surface area contributed by atoms with Gasteiger partial charge in [-0.25, -0.2) is 4.79 Å². The van der Waals surface area contributed by atoms with Crippen molar-refractivity contribution in [3.05, 3.63) is 65.4 Å². The predicted octanol–water partition coefficient (Wildman–Crippen LogP) is 4.66. The van der Waals surface area contributed by atoms with Crippen LogP contribution >= 0.6 is 0 Å². The maximum absolute atomic E-state index is 13.2. The van der Waals surface area contributed by atoms with Crippen LogP contribution < -0.4 is 4.74 Å². The van der Waals surface area contributed by atoms with E-state index in [1.54, 1.807) is 43.2 Å². The van der Waals surface area contributed by atoms with Gasteiger partial charge in [-0.05, 0) is 44.4 Å². The number of ether oxygens (including phenoxy) is 2. The smallest absolute Gasteiger partial charge is 0.375 e. The molecular formula is C24H25NO5. The summed E-state index contributed by atoms with van der Waals surface area (Å²) >= 11 is 0. The lowest BCUT2D eigenvalue weighted by Gasteiger charge is -2.30. The summed E-state index contributed by atoms with van der Waals surface area (Å²) in [5.74, 6) is -0.0639. The Bertz CT molecular complexity index is 1050. The van der Waals surface area contributed by atoms with Crippen LogP contribution in [0, 0.1) is 6.92 Å². The molecule has 6 nitrogen and oxygen atoms in total. The minimum Gasteiger partial charge on any atom is -0.497 e. The number of carbonyl (C=O) groups is 2. The Kier molecular flexibility index (Phi) is 5.74. The highest BCUT2D eigenvalue weighted by Gasteiger charge is 2.32. The summed E-state index contributed by atoms with van der Waals surface area (Å²) in [5, 5.41) is 0.778. The van der Waals surface area contributed by atoms with Crippen molar-refractivity contribution in [2.45, 2.75) is 32.3 Å². The van der Waals surface area contributed by atoms with Crippen molar-refractivity contribution >= 4 is 22.8 Å². The van der Waals surface area contributed by atoms with E-state index < -0.39 is 12.1 Å². The van der Waals surface area contributed by atoms with Gasteiger partial charge in [0.2, 0.25) is 11.9 Å². The van der Waals surface area contributed by atoms with Gasteiger partial charge < -0.3 is 18.8 Å². The van der Waals surface area contributed by atoms with E-state index in [1.165, 1.54) is 0 Å². The first kappa shape index (κ1) is 20.0. The molecule has 0 N–H and O–H groups in total. The van der Waals surface area contributed by atoms with Gasteiger partial charge >= 0.3 is 5.97 Å². The van der Waals surface area contributed by atoms with Crippen LogP contribution in [0.2, 0.25) is 0 Å². The third-order valence-electron chi connectivity index (χ3n) is 5.55. The summed E-state index contributed by atoms with van der Waals surface area (Å²) in [6.07, 6.45) is 2.04. The third-order valence-corrected chi connectivity index (χ3v) is 5.55. The summed E-state index contributed by atoms with van der Waals surface area (Å²) in [5.41, 5.74) is 1.88. The molecule has 30 heavy (non-hydrogen) atoms. The van der Waals surface area contributed by atoms with E-state index in [4.69, 9.17) is 13.9 Å². The lowest BCUT2D eigenvalue weighted by molar-refractivity contribution is -0.142. The average Bonchev–Trinajstić information content (AvgIpc) is 3.14. The van der Waals surface area contributed by atoms with E-state index >= 15 is 0 Å². The second-order valence-electron chi connectivity index (χ2n) is 7.50. The minimum absolute atomic E-state index is 0.102. The highest BCUT2D eigenvalue weighted by Crippen LogP contribution is 2.31. The standard InChI is InChI=1S/C24H25NO5/c1-16-19-15-18(28-2)11-12-20(19)29-21(16)24(27)30-22(17-9-5-3-6-10-17)23(26)25-13-7-4-8-14-25/h3,5-6,9-12,15,22H,4,7-8,13-14H2,1-2H3/t22-/m1/s1. The molecule has 3 aromatic rings. The molecule has 0 unspecified atom stereocenters. The van der Waals surface area contributed by atoms with Crippen molar-refractivity contribution in [2.75, 3.05) is 20.2 Å².